The molecule has 0 saturated heterocycles. The normalized spacial score (nSPS) is 11.1. The van der Waals surface area contributed by atoms with E-state index in [0.717, 1.165) is 16.7 Å². The highest BCUT2D eigenvalue weighted by Gasteiger charge is 2.11. The highest BCUT2D eigenvalue weighted by molar-refractivity contribution is 7.11. The summed E-state index contributed by atoms with van der Waals surface area (Å²) in [6.07, 6.45) is 1.76. The number of ether oxygens (including phenoxy) is 2. The monoisotopic (exact) mass is 442 g/mol. The van der Waals surface area contributed by atoms with Gasteiger partial charge in [-0.15, -0.1) is 11.3 Å². The number of nitrogens with zero attached hydrogens (tertiary/aromatic N) is 2. The van der Waals surface area contributed by atoms with Gasteiger partial charge in [-0.25, -0.2) is 9.37 Å². The second-order valence-electron chi connectivity index (χ2n) is 6.90. The van der Waals surface area contributed by atoms with Crippen LogP contribution >= 0.6 is 11.3 Å². The van der Waals surface area contributed by atoms with Crippen molar-refractivity contribution in [2.45, 2.75) is 6.61 Å². The number of hydrogen-bond donors (Lipinski definition) is 0. The zero-order chi connectivity index (χ0) is 22.3. The first-order valence-corrected chi connectivity index (χ1v) is 10.7. The Bertz CT molecular complexity index is 1280. The van der Waals surface area contributed by atoms with Crippen LogP contribution in [0.1, 0.15) is 16.1 Å². The number of aromatic nitrogens is 1. The molecule has 0 aliphatic rings. The number of allylic oxidation sites excluding steroid dienone is 1. The van der Waals surface area contributed by atoms with Crippen LogP contribution in [0.3, 0.4) is 0 Å². The van der Waals surface area contributed by atoms with Crippen molar-refractivity contribution >= 4 is 23.0 Å². The van der Waals surface area contributed by atoms with Gasteiger partial charge in [0.05, 0.1) is 18.4 Å². The standard InChI is InChI=1S/C26H19FN2O2S/c1-30-25-14-19(7-12-24(25)31-16-18-5-3-2-4-6-18)13-21(15-28)26-29-23(17-32-26)20-8-10-22(27)11-9-20/h2-14,17H,16H2,1H3/b21-13+. The summed E-state index contributed by atoms with van der Waals surface area (Å²) >= 11 is 1.37. The fraction of sp³-hybridized carbons (Fsp3) is 0.0769. The third-order valence-electron chi connectivity index (χ3n) is 4.73. The number of methoxy groups -OCH3 is 1. The molecule has 0 radical (unpaired) electrons. The molecule has 4 aromatic rings. The Morgan fingerprint density at radius 2 is 1.84 bits per heavy atom. The van der Waals surface area contributed by atoms with E-state index in [1.165, 1.54) is 23.5 Å². The number of rotatable bonds is 7. The van der Waals surface area contributed by atoms with Crippen LogP contribution in [0, 0.1) is 17.1 Å². The van der Waals surface area contributed by atoms with E-state index >= 15 is 0 Å². The van der Waals surface area contributed by atoms with Gasteiger partial charge in [0, 0.05) is 10.9 Å². The highest BCUT2D eigenvalue weighted by Crippen LogP contribution is 2.32. The van der Waals surface area contributed by atoms with Gasteiger partial charge >= 0.3 is 0 Å². The highest BCUT2D eigenvalue weighted by atomic mass is 32.1. The zero-order valence-electron chi connectivity index (χ0n) is 17.3. The first-order valence-electron chi connectivity index (χ1n) is 9.84. The van der Waals surface area contributed by atoms with E-state index in [1.807, 2.05) is 53.9 Å². The van der Waals surface area contributed by atoms with Crippen LogP contribution in [-0.2, 0) is 6.61 Å². The summed E-state index contributed by atoms with van der Waals surface area (Å²) in [4.78, 5) is 4.55. The smallest absolute Gasteiger partial charge is 0.161 e. The van der Waals surface area contributed by atoms with Crippen molar-refractivity contribution in [1.82, 2.24) is 4.98 Å². The molecule has 0 fully saturated rings. The minimum atomic E-state index is -0.299. The van der Waals surface area contributed by atoms with Crippen LogP contribution in [0.4, 0.5) is 4.39 Å². The number of thiazole rings is 1. The van der Waals surface area contributed by atoms with Gasteiger partial charge in [0.15, 0.2) is 11.5 Å². The Morgan fingerprint density at radius 3 is 2.56 bits per heavy atom. The number of nitriles is 1. The first kappa shape index (κ1) is 21.3. The minimum Gasteiger partial charge on any atom is -0.493 e. The van der Waals surface area contributed by atoms with Crippen molar-refractivity contribution in [2.75, 3.05) is 7.11 Å². The number of hydrogen-bond acceptors (Lipinski definition) is 5. The molecule has 0 bridgehead atoms. The molecule has 1 heterocycles. The Kier molecular flexibility index (Phi) is 6.59. The molecule has 0 atom stereocenters. The van der Waals surface area contributed by atoms with Gasteiger partial charge < -0.3 is 9.47 Å². The van der Waals surface area contributed by atoms with Crippen molar-refractivity contribution in [2.24, 2.45) is 0 Å². The second kappa shape index (κ2) is 9.90. The quantitative estimate of drug-likeness (QED) is 0.303. The van der Waals surface area contributed by atoms with Crippen LogP contribution in [0.2, 0.25) is 0 Å². The van der Waals surface area contributed by atoms with E-state index in [2.05, 4.69) is 11.1 Å². The Morgan fingerprint density at radius 1 is 1.06 bits per heavy atom. The molecule has 4 rings (SSSR count). The maximum atomic E-state index is 13.2. The summed E-state index contributed by atoms with van der Waals surface area (Å²) in [6.45, 7) is 0.432. The molecule has 158 valence electrons. The van der Waals surface area contributed by atoms with Crippen molar-refractivity contribution < 1.29 is 13.9 Å². The van der Waals surface area contributed by atoms with Crippen molar-refractivity contribution in [3.63, 3.8) is 0 Å². The Hall–Kier alpha value is -3.95. The SMILES string of the molecule is COc1cc(/C=C(\C#N)c2nc(-c3ccc(F)cc3)cs2)ccc1OCc1ccccc1. The van der Waals surface area contributed by atoms with Gasteiger partial charge in [0.2, 0.25) is 0 Å². The molecule has 4 nitrogen and oxygen atoms in total. The molecule has 0 unspecified atom stereocenters. The van der Waals surface area contributed by atoms with Crippen molar-refractivity contribution in [1.29, 1.82) is 5.26 Å². The molecule has 0 aliphatic carbocycles. The van der Waals surface area contributed by atoms with Crippen LogP contribution in [-0.4, -0.2) is 12.1 Å². The summed E-state index contributed by atoms with van der Waals surface area (Å²) in [5.74, 6) is 0.907. The molecular formula is C26H19FN2O2S. The van der Waals surface area contributed by atoms with Crippen molar-refractivity contribution in [3.05, 3.63) is 100 Å². The van der Waals surface area contributed by atoms with Gasteiger partial charge in [0.25, 0.3) is 0 Å². The average molecular weight is 443 g/mol. The summed E-state index contributed by atoms with van der Waals surface area (Å²) in [5, 5.41) is 12.1. The molecule has 3 aromatic carbocycles. The third-order valence-corrected chi connectivity index (χ3v) is 5.61. The fourth-order valence-corrected chi connectivity index (χ4v) is 3.88. The third kappa shape index (κ3) is 5.02. The maximum absolute atomic E-state index is 13.2. The second-order valence-corrected chi connectivity index (χ2v) is 7.76. The van der Waals surface area contributed by atoms with E-state index < -0.39 is 0 Å². The van der Waals surface area contributed by atoms with E-state index in [9.17, 15) is 9.65 Å². The largest absolute Gasteiger partial charge is 0.493 e. The van der Waals surface area contributed by atoms with E-state index in [-0.39, 0.29) is 5.82 Å². The van der Waals surface area contributed by atoms with E-state index in [0.29, 0.717) is 34.4 Å². The van der Waals surface area contributed by atoms with Gasteiger partial charge in [-0.1, -0.05) is 36.4 Å². The van der Waals surface area contributed by atoms with Gasteiger partial charge in [0.1, 0.15) is 23.5 Å². The van der Waals surface area contributed by atoms with Gasteiger partial charge in [-0.05, 0) is 53.6 Å². The molecule has 0 N–H and O–H groups in total. The predicted octanol–water partition coefficient (Wildman–Crippen LogP) is 6.60. The lowest BCUT2D eigenvalue weighted by molar-refractivity contribution is 0.284. The summed E-state index contributed by atoms with van der Waals surface area (Å²) < 4.78 is 24.6. The van der Waals surface area contributed by atoms with Crippen LogP contribution in [0.15, 0.2) is 78.2 Å². The molecule has 0 aliphatic heterocycles. The summed E-state index contributed by atoms with van der Waals surface area (Å²) in [5.41, 5.74) is 3.79. The molecular weight excluding hydrogens is 423 g/mol. The fourth-order valence-electron chi connectivity index (χ4n) is 3.09. The van der Waals surface area contributed by atoms with Crippen LogP contribution in [0.25, 0.3) is 22.9 Å². The summed E-state index contributed by atoms with van der Waals surface area (Å²) in [7, 11) is 1.58. The lowest BCUT2D eigenvalue weighted by Crippen LogP contribution is -1.97. The van der Waals surface area contributed by atoms with Crippen LogP contribution < -0.4 is 9.47 Å². The van der Waals surface area contributed by atoms with Crippen molar-refractivity contribution in [3.8, 4) is 28.8 Å². The zero-order valence-corrected chi connectivity index (χ0v) is 18.1. The molecule has 0 amide bonds. The maximum Gasteiger partial charge on any atom is 0.161 e. The number of benzene rings is 3. The lowest BCUT2D eigenvalue weighted by atomic mass is 10.1. The van der Waals surface area contributed by atoms with Gasteiger partial charge in [-0.3, -0.25) is 0 Å². The summed E-state index contributed by atoms with van der Waals surface area (Å²) in [6, 6.07) is 23.7. The van der Waals surface area contributed by atoms with E-state index in [1.54, 1.807) is 25.3 Å². The topological polar surface area (TPSA) is 55.1 Å². The number of halogens is 1. The first-order chi connectivity index (χ1) is 15.7. The Balaban J connectivity index is 1.55. The van der Waals surface area contributed by atoms with Crippen LogP contribution in [0.5, 0.6) is 11.5 Å². The minimum absolute atomic E-state index is 0.299. The lowest BCUT2D eigenvalue weighted by Gasteiger charge is -2.11. The Labute approximate surface area is 189 Å². The molecule has 0 saturated carbocycles. The molecule has 0 spiro atoms. The van der Waals surface area contributed by atoms with Gasteiger partial charge in [-0.2, -0.15) is 5.26 Å². The molecule has 6 heteroatoms. The van der Waals surface area contributed by atoms with E-state index in [4.69, 9.17) is 9.47 Å². The molecule has 32 heavy (non-hydrogen) atoms. The molecule has 1 aromatic heterocycles. The predicted molar refractivity (Wildman–Crippen MR) is 125 cm³/mol. The average Bonchev–Trinajstić information content (AvgIpc) is 3.32.